The van der Waals surface area contributed by atoms with Gasteiger partial charge in [-0.25, -0.2) is 15.0 Å². The molecule has 1 aliphatic rings. The number of benzene rings is 1. The van der Waals surface area contributed by atoms with E-state index in [2.05, 4.69) is 49.4 Å². The van der Waals surface area contributed by atoms with E-state index in [-0.39, 0.29) is 5.56 Å². The van der Waals surface area contributed by atoms with Crippen molar-refractivity contribution in [1.82, 2.24) is 24.1 Å². The van der Waals surface area contributed by atoms with Crippen LogP contribution in [0.5, 0.6) is 0 Å². The number of rotatable bonds is 2. The van der Waals surface area contributed by atoms with Crippen molar-refractivity contribution in [3.63, 3.8) is 0 Å². The maximum Gasteiger partial charge on any atom is 0.260 e. The van der Waals surface area contributed by atoms with E-state index in [1.54, 1.807) is 19.7 Å². The molecule has 5 rings (SSSR count). The Hall–Kier alpha value is -3.42. The summed E-state index contributed by atoms with van der Waals surface area (Å²) in [5.74, 6) is 0.994. The maximum absolute atomic E-state index is 12.2. The minimum absolute atomic E-state index is 0.0167. The molecule has 0 N–H and O–H groups in total. The number of fused-ring (bicyclic) bond motifs is 2. The zero-order valence-electron chi connectivity index (χ0n) is 16.8. The lowest BCUT2D eigenvalue weighted by molar-refractivity contribution is 0.647. The molecule has 1 aliphatic heterocycles. The molecule has 1 aromatic carbocycles. The molecule has 4 aromatic rings. The zero-order valence-corrected chi connectivity index (χ0v) is 16.8. The Bertz CT molecular complexity index is 1280. The molecule has 148 valence electrons. The molecule has 0 unspecified atom stereocenters. The van der Waals surface area contributed by atoms with Crippen LogP contribution in [0.2, 0.25) is 0 Å². The summed E-state index contributed by atoms with van der Waals surface area (Å²) < 4.78 is 3.67. The van der Waals surface area contributed by atoms with Crippen LogP contribution in [-0.2, 0) is 14.1 Å². The van der Waals surface area contributed by atoms with E-state index >= 15 is 0 Å². The number of nitrogens with zero attached hydrogens (tertiary/aromatic N) is 7. The van der Waals surface area contributed by atoms with Gasteiger partial charge in [0.25, 0.3) is 5.56 Å². The lowest BCUT2D eigenvalue weighted by Gasteiger charge is -2.37. The highest BCUT2D eigenvalue weighted by molar-refractivity contribution is 5.88. The summed E-state index contributed by atoms with van der Waals surface area (Å²) in [6.07, 6.45) is 3.23. The molecule has 0 aliphatic carbocycles. The summed E-state index contributed by atoms with van der Waals surface area (Å²) in [6, 6.07) is 8.01. The molecule has 4 heterocycles. The number of aryl methyl sites for hydroxylation is 3. The summed E-state index contributed by atoms with van der Waals surface area (Å²) in [5, 5.41) is 0.653. The molecule has 0 saturated carbocycles. The van der Waals surface area contributed by atoms with Crippen molar-refractivity contribution in [1.29, 1.82) is 0 Å². The van der Waals surface area contributed by atoms with Gasteiger partial charge in [-0.05, 0) is 31.2 Å². The van der Waals surface area contributed by atoms with E-state index in [1.807, 2.05) is 18.2 Å². The Kier molecular flexibility index (Phi) is 4.01. The fourth-order valence-electron chi connectivity index (χ4n) is 4.08. The lowest BCUT2D eigenvalue weighted by atomic mass is 10.2. The first-order valence-electron chi connectivity index (χ1n) is 9.75. The van der Waals surface area contributed by atoms with Crippen molar-refractivity contribution in [3.8, 4) is 0 Å². The number of piperazine rings is 1. The number of aromatic nitrogens is 5. The Morgan fingerprint density at radius 2 is 1.66 bits per heavy atom. The minimum Gasteiger partial charge on any atom is -0.368 e. The summed E-state index contributed by atoms with van der Waals surface area (Å²) in [5.41, 5.74) is 5.07. The van der Waals surface area contributed by atoms with Gasteiger partial charge < -0.3 is 18.9 Å². The number of hydrogen-bond acceptors (Lipinski definition) is 6. The van der Waals surface area contributed by atoms with Crippen molar-refractivity contribution in [2.24, 2.45) is 14.1 Å². The van der Waals surface area contributed by atoms with Gasteiger partial charge in [-0.3, -0.25) is 4.79 Å². The first-order valence-corrected chi connectivity index (χ1v) is 9.75. The first-order chi connectivity index (χ1) is 14.0. The molecule has 8 nitrogen and oxygen atoms in total. The van der Waals surface area contributed by atoms with Crippen LogP contribution in [-0.4, -0.2) is 50.3 Å². The average Bonchev–Trinajstić information content (AvgIpc) is 3.04. The van der Waals surface area contributed by atoms with Gasteiger partial charge in [-0.1, -0.05) is 0 Å². The van der Waals surface area contributed by atoms with E-state index in [1.165, 1.54) is 10.3 Å². The van der Waals surface area contributed by atoms with Crippen molar-refractivity contribution >= 4 is 33.4 Å². The number of anilines is 2. The van der Waals surface area contributed by atoms with Gasteiger partial charge in [0.05, 0.1) is 22.7 Å². The van der Waals surface area contributed by atoms with Crippen molar-refractivity contribution in [2.75, 3.05) is 36.0 Å². The first kappa shape index (κ1) is 17.7. The fourth-order valence-corrected chi connectivity index (χ4v) is 4.08. The van der Waals surface area contributed by atoms with Crippen molar-refractivity contribution in [3.05, 3.63) is 53.0 Å². The number of hydrogen-bond donors (Lipinski definition) is 0. The third-order valence-corrected chi connectivity index (χ3v) is 5.89. The Morgan fingerprint density at radius 1 is 0.897 bits per heavy atom. The molecule has 0 spiro atoms. The van der Waals surface area contributed by atoms with Crippen LogP contribution in [0.15, 0.2) is 41.7 Å². The molecule has 1 saturated heterocycles. The third-order valence-electron chi connectivity index (χ3n) is 5.89. The third kappa shape index (κ3) is 2.83. The molecular formula is C21H23N7O. The standard InChI is InChI=1S/C21H23N7O/c1-14-10-18-19(26(14)3)20(23-12-22-18)28-8-6-27(7-9-28)15-4-5-16-17(11-15)24-13-25(2)21(16)29/h4-5,10-13H,6-9H2,1-3H3. The van der Waals surface area contributed by atoms with Gasteiger partial charge in [-0.2, -0.15) is 0 Å². The topological polar surface area (TPSA) is 72.1 Å². The summed E-state index contributed by atoms with van der Waals surface area (Å²) in [7, 11) is 3.79. The second-order valence-corrected chi connectivity index (χ2v) is 7.61. The normalized spacial score (nSPS) is 14.9. The van der Waals surface area contributed by atoms with Gasteiger partial charge in [-0.15, -0.1) is 0 Å². The summed E-state index contributed by atoms with van der Waals surface area (Å²) in [6.45, 7) is 5.59. The lowest BCUT2D eigenvalue weighted by Crippen LogP contribution is -2.47. The highest BCUT2D eigenvalue weighted by Crippen LogP contribution is 2.27. The zero-order chi connectivity index (χ0) is 20.1. The Balaban J connectivity index is 1.40. The van der Waals surface area contributed by atoms with E-state index < -0.39 is 0 Å². The van der Waals surface area contributed by atoms with Gasteiger partial charge >= 0.3 is 0 Å². The molecule has 3 aromatic heterocycles. The molecule has 0 bridgehead atoms. The van der Waals surface area contributed by atoms with Crippen molar-refractivity contribution < 1.29 is 0 Å². The largest absolute Gasteiger partial charge is 0.368 e. The van der Waals surface area contributed by atoms with Crippen LogP contribution in [0.4, 0.5) is 11.5 Å². The summed E-state index contributed by atoms with van der Waals surface area (Å²) in [4.78, 5) is 30.3. The highest BCUT2D eigenvalue weighted by atomic mass is 16.1. The molecule has 0 amide bonds. The maximum atomic E-state index is 12.2. The van der Waals surface area contributed by atoms with E-state index in [0.29, 0.717) is 5.39 Å². The van der Waals surface area contributed by atoms with Crippen molar-refractivity contribution in [2.45, 2.75) is 6.92 Å². The summed E-state index contributed by atoms with van der Waals surface area (Å²) >= 11 is 0. The Labute approximate surface area is 168 Å². The molecule has 0 atom stereocenters. The smallest absolute Gasteiger partial charge is 0.260 e. The second-order valence-electron chi connectivity index (χ2n) is 7.61. The highest BCUT2D eigenvalue weighted by Gasteiger charge is 2.22. The van der Waals surface area contributed by atoms with Gasteiger partial charge in [0.15, 0.2) is 5.82 Å². The van der Waals surface area contributed by atoms with E-state index in [0.717, 1.165) is 54.2 Å². The monoisotopic (exact) mass is 389 g/mol. The van der Waals surface area contributed by atoms with Crippen LogP contribution in [0.25, 0.3) is 21.9 Å². The quantitative estimate of drug-likeness (QED) is 0.521. The molecule has 0 radical (unpaired) electrons. The average molecular weight is 389 g/mol. The molecule has 8 heteroatoms. The fraction of sp³-hybridized carbons (Fsp3) is 0.333. The van der Waals surface area contributed by atoms with Gasteiger partial charge in [0, 0.05) is 51.7 Å². The molecular weight excluding hydrogens is 366 g/mol. The predicted molar refractivity (Wildman–Crippen MR) is 115 cm³/mol. The molecule has 29 heavy (non-hydrogen) atoms. The van der Waals surface area contributed by atoms with E-state index in [9.17, 15) is 4.79 Å². The SMILES string of the molecule is Cc1cc2ncnc(N3CCN(c4ccc5c(=O)n(C)cnc5c4)CC3)c2n1C. The molecule has 1 fully saturated rings. The van der Waals surface area contributed by atoms with Gasteiger partial charge in [0.1, 0.15) is 11.8 Å². The van der Waals surface area contributed by atoms with Crippen LogP contribution in [0, 0.1) is 6.92 Å². The predicted octanol–water partition coefficient (Wildman–Crippen LogP) is 1.85. The van der Waals surface area contributed by atoms with Gasteiger partial charge in [0.2, 0.25) is 0 Å². The second kappa shape index (κ2) is 6.58. The van der Waals surface area contributed by atoms with E-state index in [4.69, 9.17) is 0 Å². The van der Waals surface area contributed by atoms with Crippen LogP contribution >= 0.6 is 0 Å². The van der Waals surface area contributed by atoms with Crippen LogP contribution in [0.1, 0.15) is 5.69 Å². The Morgan fingerprint density at radius 3 is 2.45 bits per heavy atom. The van der Waals surface area contributed by atoms with Crippen LogP contribution in [0.3, 0.4) is 0 Å². The minimum atomic E-state index is -0.0167. The van der Waals surface area contributed by atoms with Crippen LogP contribution < -0.4 is 15.4 Å².